The highest BCUT2D eigenvalue weighted by molar-refractivity contribution is 5.89. The Bertz CT molecular complexity index is 470. The van der Waals surface area contributed by atoms with Gasteiger partial charge in [0, 0.05) is 44.9 Å². The van der Waals surface area contributed by atoms with E-state index in [0.29, 0.717) is 24.5 Å². The van der Waals surface area contributed by atoms with Crippen molar-refractivity contribution in [2.45, 2.75) is 6.92 Å². The van der Waals surface area contributed by atoms with Crippen LogP contribution in [-0.4, -0.2) is 43.1 Å². The summed E-state index contributed by atoms with van der Waals surface area (Å²) < 4.78 is 4.97. The molecule has 19 heavy (non-hydrogen) atoms. The molecule has 102 valence electrons. The van der Waals surface area contributed by atoms with E-state index in [9.17, 15) is 9.59 Å². The Balaban J connectivity index is 1.97. The van der Waals surface area contributed by atoms with Crippen LogP contribution in [0.5, 0.6) is 5.75 Å². The molecule has 0 saturated carbocycles. The van der Waals surface area contributed by atoms with Gasteiger partial charge in [-0.3, -0.25) is 4.79 Å². The van der Waals surface area contributed by atoms with Gasteiger partial charge in [-0.25, -0.2) is 4.79 Å². The number of benzene rings is 1. The van der Waals surface area contributed by atoms with Crippen LogP contribution in [0.3, 0.4) is 0 Å². The number of nitrogens with zero attached hydrogens (tertiary/aromatic N) is 1. The van der Waals surface area contributed by atoms with Crippen LogP contribution in [0.2, 0.25) is 0 Å². The van der Waals surface area contributed by atoms with Crippen LogP contribution < -0.4 is 15.4 Å². The molecule has 6 nitrogen and oxygen atoms in total. The number of rotatable bonds is 2. The van der Waals surface area contributed by atoms with Crippen LogP contribution in [0, 0.1) is 0 Å². The number of carbonyl (C=O) groups is 2. The lowest BCUT2D eigenvalue weighted by Crippen LogP contribution is -2.48. The molecular formula is C13H17N3O3. The van der Waals surface area contributed by atoms with Gasteiger partial charge >= 0.3 is 12.0 Å². The summed E-state index contributed by atoms with van der Waals surface area (Å²) in [5.74, 6) is 0.0381. The zero-order valence-corrected chi connectivity index (χ0v) is 10.8. The van der Waals surface area contributed by atoms with E-state index in [-0.39, 0.29) is 12.0 Å². The average Bonchev–Trinajstić information content (AvgIpc) is 2.39. The summed E-state index contributed by atoms with van der Waals surface area (Å²) in [7, 11) is 0. The summed E-state index contributed by atoms with van der Waals surface area (Å²) in [4.78, 5) is 24.6. The summed E-state index contributed by atoms with van der Waals surface area (Å²) in [5.41, 5.74) is 0.613. The Labute approximate surface area is 111 Å². The molecule has 0 atom stereocenters. The first-order valence-corrected chi connectivity index (χ1v) is 6.20. The Morgan fingerprint density at radius 3 is 2.74 bits per heavy atom. The second-order valence-electron chi connectivity index (χ2n) is 4.29. The third kappa shape index (κ3) is 3.96. The maximum atomic E-state index is 12.0. The van der Waals surface area contributed by atoms with Gasteiger partial charge in [0.05, 0.1) is 0 Å². The van der Waals surface area contributed by atoms with Gasteiger partial charge < -0.3 is 20.3 Å². The maximum absolute atomic E-state index is 12.0. The smallest absolute Gasteiger partial charge is 0.321 e. The van der Waals surface area contributed by atoms with Crippen molar-refractivity contribution in [3.8, 4) is 5.75 Å². The molecule has 6 heteroatoms. The van der Waals surface area contributed by atoms with Crippen molar-refractivity contribution in [3.05, 3.63) is 24.3 Å². The molecule has 1 fully saturated rings. The molecule has 1 aliphatic rings. The van der Waals surface area contributed by atoms with Gasteiger partial charge in [0.25, 0.3) is 0 Å². The van der Waals surface area contributed by atoms with Crippen LogP contribution in [0.1, 0.15) is 6.92 Å². The quantitative estimate of drug-likeness (QED) is 0.618. The number of esters is 1. The number of anilines is 1. The van der Waals surface area contributed by atoms with Gasteiger partial charge in [-0.1, -0.05) is 6.07 Å². The second-order valence-corrected chi connectivity index (χ2v) is 4.29. The lowest BCUT2D eigenvalue weighted by Gasteiger charge is -2.27. The van der Waals surface area contributed by atoms with Crippen molar-refractivity contribution in [3.63, 3.8) is 0 Å². The van der Waals surface area contributed by atoms with Crippen molar-refractivity contribution in [1.82, 2.24) is 10.2 Å². The monoisotopic (exact) mass is 263 g/mol. The van der Waals surface area contributed by atoms with E-state index in [1.165, 1.54) is 6.92 Å². The normalized spacial score (nSPS) is 14.9. The number of amides is 2. The summed E-state index contributed by atoms with van der Waals surface area (Å²) >= 11 is 0. The highest BCUT2D eigenvalue weighted by Gasteiger charge is 2.16. The first-order chi connectivity index (χ1) is 9.15. The fourth-order valence-corrected chi connectivity index (χ4v) is 1.87. The van der Waals surface area contributed by atoms with E-state index in [4.69, 9.17) is 4.74 Å². The lowest BCUT2D eigenvalue weighted by molar-refractivity contribution is -0.131. The molecule has 0 radical (unpaired) electrons. The Morgan fingerprint density at radius 2 is 2.05 bits per heavy atom. The molecule has 1 heterocycles. The number of nitrogens with one attached hydrogen (secondary N) is 2. The maximum Gasteiger partial charge on any atom is 0.321 e. The van der Waals surface area contributed by atoms with Gasteiger partial charge in [0.15, 0.2) is 0 Å². The largest absolute Gasteiger partial charge is 0.427 e. The van der Waals surface area contributed by atoms with Gasteiger partial charge in [-0.05, 0) is 12.1 Å². The fraction of sp³-hybridized carbons (Fsp3) is 0.385. The van der Waals surface area contributed by atoms with E-state index < -0.39 is 0 Å². The molecule has 0 unspecified atom stereocenters. The lowest BCUT2D eigenvalue weighted by atomic mass is 10.3. The van der Waals surface area contributed by atoms with Crippen LogP contribution in [0.4, 0.5) is 10.5 Å². The molecule has 1 aromatic carbocycles. The highest BCUT2D eigenvalue weighted by Crippen LogP contribution is 2.18. The summed E-state index contributed by atoms with van der Waals surface area (Å²) in [6.45, 7) is 4.33. The van der Waals surface area contributed by atoms with Crippen molar-refractivity contribution in [2.75, 3.05) is 31.5 Å². The molecule has 2 N–H and O–H groups in total. The molecule has 2 rings (SSSR count). The predicted octanol–water partition coefficient (Wildman–Crippen LogP) is 1.05. The van der Waals surface area contributed by atoms with E-state index in [0.717, 1.165) is 13.1 Å². The first kappa shape index (κ1) is 13.4. The number of carbonyl (C=O) groups excluding carboxylic acids is 2. The number of hydrogen-bond acceptors (Lipinski definition) is 4. The van der Waals surface area contributed by atoms with Crippen molar-refractivity contribution in [1.29, 1.82) is 0 Å². The number of ether oxygens (including phenoxy) is 1. The fourth-order valence-electron chi connectivity index (χ4n) is 1.87. The average molecular weight is 263 g/mol. The minimum Gasteiger partial charge on any atom is -0.427 e. The topological polar surface area (TPSA) is 70.7 Å². The van der Waals surface area contributed by atoms with Crippen molar-refractivity contribution >= 4 is 17.7 Å². The van der Waals surface area contributed by atoms with Gasteiger partial charge in [-0.15, -0.1) is 0 Å². The first-order valence-electron chi connectivity index (χ1n) is 6.20. The van der Waals surface area contributed by atoms with E-state index in [1.807, 2.05) is 0 Å². The number of hydrogen-bond donors (Lipinski definition) is 2. The molecule has 1 aromatic rings. The highest BCUT2D eigenvalue weighted by atomic mass is 16.5. The summed E-state index contributed by atoms with van der Waals surface area (Å²) in [6, 6.07) is 6.64. The molecule has 0 bridgehead atoms. The van der Waals surface area contributed by atoms with Gasteiger partial charge in [0.1, 0.15) is 5.75 Å². The minimum absolute atomic E-state index is 0.138. The standard InChI is InChI=1S/C13H17N3O3/c1-10(17)19-12-4-2-3-11(9-12)15-13(18)16-7-5-14-6-8-16/h2-4,9,14H,5-8H2,1H3,(H,15,18). The minimum atomic E-state index is -0.384. The molecule has 2 amide bonds. The third-order valence-corrected chi connectivity index (χ3v) is 2.75. The summed E-state index contributed by atoms with van der Waals surface area (Å²) in [5, 5.41) is 5.98. The van der Waals surface area contributed by atoms with Gasteiger partial charge in [0.2, 0.25) is 0 Å². The van der Waals surface area contributed by atoms with Crippen LogP contribution >= 0.6 is 0 Å². The van der Waals surface area contributed by atoms with E-state index in [1.54, 1.807) is 29.2 Å². The molecule has 0 aromatic heterocycles. The van der Waals surface area contributed by atoms with E-state index >= 15 is 0 Å². The van der Waals surface area contributed by atoms with Crippen LogP contribution in [0.15, 0.2) is 24.3 Å². The van der Waals surface area contributed by atoms with Gasteiger partial charge in [-0.2, -0.15) is 0 Å². The molecular weight excluding hydrogens is 246 g/mol. The molecule has 1 aliphatic heterocycles. The molecule has 1 saturated heterocycles. The molecule has 0 spiro atoms. The number of piperazine rings is 1. The number of urea groups is 1. The van der Waals surface area contributed by atoms with Crippen molar-refractivity contribution < 1.29 is 14.3 Å². The Kier molecular flexibility index (Phi) is 4.35. The summed E-state index contributed by atoms with van der Waals surface area (Å²) in [6.07, 6.45) is 0. The molecule has 0 aliphatic carbocycles. The zero-order valence-electron chi connectivity index (χ0n) is 10.8. The SMILES string of the molecule is CC(=O)Oc1cccc(NC(=O)N2CCNCC2)c1. The predicted molar refractivity (Wildman–Crippen MR) is 71.2 cm³/mol. The third-order valence-electron chi connectivity index (χ3n) is 2.75. The second kappa shape index (κ2) is 6.19. The Morgan fingerprint density at radius 1 is 1.32 bits per heavy atom. The van der Waals surface area contributed by atoms with Crippen molar-refractivity contribution in [2.24, 2.45) is 0 Å². The zero-order chi connectivity index (χ0) is 13.7. The van der Waals surface area contributed by atoms with Crippen LogP contribution in [0.25, 0.3) is 0 Å². The Hall–Kier alpha value is -2.08. The van der Waals surface area contributed by atoms with E-state index in [2.05, 4.69) is 10.6 Å². The van der Waals surface area contributed by atoms with Crippen LogP contribution in [-0.2, 0) is 4.79 Å².